The largest absolute Gasteiger partial charge is 0.368 e. The lowest BCUT2D eigenvalue weighted by Crippen LogP contribution is -2.32. The number of aromatic amines is 1. The predicted molar refractivity (Wildman–Crippen MR) is 85.3 cm³/mol. The number of nitrogens with zero attached hydrogens (tertiary/aromatic N) is 2. The number of hydrogen-bond donors (Lipinski definition) is 3. The Hall–Kier alpha value is -2.00. The van der Waals surface area contributed by atoms with Crippen molar-refractivity contribution in [2.24, 2.45) is 0 Å². The summed E-state index contributed by atoms with van der Waals surface area (Å²) in [6.07, 6.45) is 2.14. The number of H-pyrrole nitrogens is 1. The molecule has 0 unspecified atom stereocenters. The fourth-order valence-electron chi connectivity index (χ4n) is 1.81. The van der Waals surface area contributed by atoms with Crippen LogP contribution in [0.25, 0.3) is 10.9 Å². The average Bonchev–Trinajstić information content (AvgIpc) is 2.49. The van der Waals surface area contributed by atoms with Crippen LogP contribution in [0, 0.1) is 0 Å². The highest BCUT2D eigenvalue weighted by atomic mass is 32.2. The molecule has 0 aromatic carbocycles. The minimum Gasteiger partial charge on any atom is -0.368 e. The molecule has 0 aliphatic rings. The summed E-state index contributed by atoms with van der Waals surface area (Å²) in [5.41, 5.74) is -0.0219. The van der Waals surface area contributed by atoms with Crippen LogP contribution in [0.3, 0.4) is 0 Å². The lowest BCUT2D eigenvalue weighted by Gasteiger charge is -2.10. The molecule has 9 heteroatoms. The molecule has 0 radical (unpaired) electrons. The maximum atomic E-state index is 11.6. The zero-order valence-electron chi connectivity index (χ0n) is 12.5. The van der Waals surface area contributed by atoms with E-state index in [4.69, 9.17) is 0 Å². The van der Waals surface area contributed by atoms with Gasteiger partial charge in [-0.2, -0.15) is 5.10 Å². The third kappa shape index (κ3) is 3.80. The van der Waals surface area contributed by atoms with Crippen LogP contribution in [-0.4, -0.2) is 41.9 Å². The zero-order chi connectivity index (χ0) is 16.2. The molecule has 0 atom stereocenters. The van der Waals surface area contributed by atoms with Crippen LogP contribution in [0.15, 0.2) is 23.1 Å². The molecule has 22 heavy (non-hydrogen) atoms. The maximum Gasteiger partial charge on any atom is 0.290 e. The molecule has 0 fully saturated rings. The van der Waals surface area contributed by atoms with Crippen LogP contribution >= 0.6 is 0 Å². The van der Waals surface area contributed by atoms with Crippen molar-refractivity contribution in [3.8, 4) is 0 Å². The van der Waals surface area contributed by atoms with Gasteiger partial charge in [0.05, 0.1) is 10.6 Å². The molecule has 0 saturated heterocycles. The van der Waals surface area contributed by atoms with E-state index in [1.165, 1.54) is 0 Å². The molecule has 3 N–H and O–H groups in total. The molecular weight excluding hydrogens is 306 g/mol. The molecule has 0 spiro atoms. The van der Waals surface area contributed by atoms with Gasteiger partial charge in [-0.15, -0.1) is 0 Å². The molecule has 0 aliphatic carbocycles. The number of anilines is 1. The quantitative estimate of drug-likeness (QED) is 0.636. The van der Waals surface area contributed by atoms with Gasteiger partial charge in [0.15, 0.2) is 5.82 Å². The van der Waals surface area contributed by atoms with Gasteiger partial charge < -0.3 is 5.32 Å². The van der Waals surface area contributed by atoms with Gasteiger partial charge >= 0.3 is 0 Å². The predicted octanol–water partition coefficient (Wildman–Crippen LogP) is 0.448. The third-order valence-corrected chi connectivity index (χ3v) is 4.96. The van der Waals surface area contributed by atoms with Crippen LogP contribution in [0.1, 0.15) is 20.3 Å². The monoisotopic (exact) mass is 325 g/mol. The molecule has 0 aliphatic heterocycles. The van der Waals surface area contributed by atoms with Gasteiger partial charge in [-0.25, -0.2) is 18.2 Å². The van der Waals surface area contributed by atoms with Crippen LogP contribution in [0.2, 0.25) is 0 Å². The minimum absolute atomic E-state index is 0.320. The number of hydrogen-bond acceptors (Lipinski definition) is 6. The van der Waals surface area contributed by atoms with Crippen molar-refractivity contribution in [1.29, 1.82) is 0 Å². The second-order valence-corrected chi connectivity index (χ2v) is 7.39. The standard InChI is InChI=1S/C13H19N5O3S/c1-9(2)22(20,21)16-8-4-7-15-12-10-5-3-6-14-11(10)13(19)18-17-12/h3,5-6,9,16H,4,7-8H2,1-2H3,(H,15,17)(H,18,19). The van der Waals surface area contributed by atoms with E-state index in [2.05, 4.69) is 25.2 Å². The number of rotatable bonds is 7. The Morgan fingerprint density at radius 1 is 1.32 bits per heavy atom. The fraction of sp³-hybridized carbons (Fsp3) is 0.462. The minimum atomic E-state index is -3.23. The first-order valence-corrected chi connectivity index (χ1v) is 8.52. The van der Waals surface area contributed by atoms with Gasteiger partial charge in [-0.1, -0.05) is 0 Å². The first-order chi connectivity index (χ1) is 10.4. The van der Waals surface area contributed by atoms with E-state index in [0.29, 0.717) is 36.2 Å². The number of fused-ring (bicyclic) bond motifs is 1. The molecule has 2 heterocycles. The molecule has 2 rings (SSSR count). The van der Waals surface area contributed by atoms with Gasteiger partial charge in [-0.3, -0.25) is 9.78 Å². The van der Waals surface area contributed by atoms with Crippen molar-refractivity contribution >= 4 is 26.7 Å². The van der Waals surface area contributed by atoms with Crippen LogP contribution in [0.5, 0.6) is 0 Å². The Morgan fingerprint density at radius 3 is 2.82 bits per heavy atom. The van der Waals surface area contributed by atoms with Crippen molar-refractivity contribution in [2.75, 3.05) is 18.4 Å². The molecule has 0 saturated carbocycles. The number of nitrogens with one attached hydrogen (secondary N) is 3. The summed E-state index contributed by atoms with van der Waals surface area (Å²) >= 11 is 0. The molecular formula is C13H19N5O3S. The normalized spacial score (nSPS) is 12.0. The second kappa shape index (κ2) is 6.84. The first-order valence-electron chi connectivity index (χ1n) is 6.97. The Balaban J connectivity index is 1.94. The number of pyridine rings is 1. The van der Waals surface area contributed by atoms with E-state index >= 15 is 0 Å². The zero-order valence-corrected chi connectivity index (χ0v) is 13.3. The lowest BCUT2D eigenvalue weighted by atomic mass is 10.2. The van der Waals surface area contributed by atoms with Gasteiger partial charge in [-0.05, 0) is 32.4 Å². The maximum absolute atomic E-state index is 11.6. The SMILES string of the molecule is CC(C)S(=O)(=O)NCCCNc1n[nH]c(=O)c2ncccc12. The van der Waals surface area contributed by atoms with Crippen molar-refractivity contribution in [1.82, 2.24) is 19.9 Å². The summed E-state index contributed by atoms with van der Waals surface area (Å²) in [7, 11) is -3.23. The second-order valence-electron chi connectivity index (χ2n) is 5.07. The first kappa shape index (κ1) is 16.4. The van der Waals surface area contributed by atoms with Gasteiger partial charge in [0, 0.05) is 19.3 Å². The molecule has 2 aromatic rings. The lowest BCUT2D eigenvalue weighted by molar-refractivity contribution is 0.571. The van der Waals surface area contributed by atoms with Gasteiger partial charge in [0.2, 0.25) is 10.0 Å². The summed E-state index contributed by atoms with van der Waals surface area (Å²) in [5.74, 6) is 0.523. The summed E-state index contributed by atoms with van der Waals surface area (Å²) in [5, 5.41) is 9.59. The van der Waals surface area contributed by atoms with Crippen molar-refractivity contribution in [3.05, 3.63) is 28.7 Å². The van der Waals surface area contributed by atoms with Crippen LogP contribution in [0.4, 0.5) is 5.82 Å². The Bertz CT molecular complexity index is 801. The van der Waals surface area contributed by atoms with Gasteiger partial charge in [0.1, 0.15) is 5.52 Å². The van der Waals surface area contributed by atoms with E-state index < -0.39 is 15.3 Å². The topological polar surface area (TPSA) is 117 Å². The van der Waals surface area contributed by atoms with E-state index in [1.807, 2.05) is 0 Å². The van der Waals surface area contributed by atoms with E-state index in [-0.39, 0.29) is 5.56 Å². The van der Waals surface area contributed by atoms with Crippen LogP contribution in [-0.2, 0) is 10.0 Å². The Morgan fingerprint density at radius 2 is 2.09 bits per heavy atom. The van der Waals surface area contributed by atoms with Crippen molar-refractivity contribution in [3.63, 3.8) is 0 Å². The van der Waals surface area contributed by atoms with E-state index in [0.717, 1.165) is 0 Å². The molecule has 8 nitrogen and oxygen atoms in total. The highest BCUT2D eigenvalue weighted by Gasteiger charge is 2.14. The number of aromatic nitrogens is 3. The molecule has 0 bridgehead atoms. The molecule has 2 aromatic heterocycles. The molecule has 0 amide bonds. The summed E-state index contributed by atoms with van der Waals surface area (Å²) < 4.78 is 25.7. The number of sulfonamides is 1. The summed E-state index contributed by atoms with van der Waals surface area (Å²) in [4.78, 5) is 15.6. The highest BCUT2D eigenvalue weighted by molar-refractivity contribution is 7.90. The van der Waals surface area contributed by atoms with E-state index in [1.54, 1.807) is 32.2 Å². The van der Waals surface area contributed by atoms with Crippen molar-refractivity contribution in [2.45, 2.75) is 25.5 Å². The highest BCUT2D eigenvalue weighted by Crippen LogP contribution is 2.14. The molecule has 120 valence electrons. The summed E-state index contributed by atoms with van der Waals surface area (Å²) in [6.45, 7) is 4.12. The Labute approximate surface area is 128 Å². The third-order valence-electron chi connectivity index (χ3n) is 3.12. The van der Waals surface area contributed by atoms with Crippen LogP contribution < -0.4 is 15.6 Å². The smallest absolute Gasteiger partial charge is 0.290 e. The fourth-order valence-corrected chi connectivity index (χ4v) is 2.57. The average molecular weight is 325 g/mol. The van der Waals surface area contributed by atoms with Gasteiger partial charge in [0.25, 0.3) is 5.56 Å². The van der Waals surface area contributed by atoms with E-state index in [9.17, 15) is 13.2 Å². The summed E-state index contributed by atoms with van der Waals surface area (Å²) in [6, 6.07) is 3.49. The van der Waals surface area contributed by atoms with Crippen molar-refractivity contribution < 1.29 is 8.42 Å². The Kier molecular flexibility index (Phi) is 5.09.